The van der Waals surface area contributed by atoms with E-state index in [0.717, 1.165) is 34.8 Å². The van der Waals surface area contributed by atoms with Crippen LogP contribution in [0.1, 0.15) is 21.7 Å². The van der Waals surface area contributed by atoms with Crippen molar-refractivity contribution in [2.24, 2.45) is 0 Å². The monoisotopic (exact) mass is 289 g/mol. The van der Waals surface area contributed by atoms with Crippen LogP contribution in [0, 0.1) is 6.92 Å². The third-order valence-corrected chi connectivity index (χ3v) is 5.39. The van der Waals surface area contributed by atoms with Crippen LogP contribution in [0.2, 0.25) is 0 Å². The number of hydrogen-bond acceptors (Lipinski definition) is 3. The van der Waals surface area contributed by atoms with E-state index in [0.29, 0.717) is 0 Å². The average Bonchev–Trinajstić information content (AvgIpc) is 2.74. The highest BCUT2D eigenvalue weighted by molar-refractivity contribution is 7.99. The Morgan fingerprint density at radius 3 is 2.89 bits per heavy atom. The van der Waals surface area contributed by atoms with E-state index in [9.17, 15) is 4.79 Å². The minimum atomic E-state index is 0.141. The Morgan fingerprint density at radius 1 is 1.26 bits per heavy atom. The van der Waals surface area contributed by atoms with E-state index >= 15 is 0 Å². The lowest BCUT2D eigenvalue weighted by atomic mass is 10.2. The first-order valence-electron chi connectivity index (χ1n) is 6.35. The Labute approximate surface area is 121 Å². The maximum atomic E-state index is 12.7. The van der Waals surface area contributed by atoms with Gasteiger partial charge in [0, 0.05) is 11.4 Å². The van der Waals surface area contributed by atoms with Crippen LogP contribution in [0.4, 0.5) is 5.69 Å². The van der Waals surface area contributed by atoms with Gasteiger partial charge >= 0.3 is 0 Å². The normalized spacial score (nSPS) is 14.9. The lowest BCUT2D eigenvalue weighted by Gasteiger charge is -2.22. The molecule has 0 saturated carbocycles. The van der Waals surface area contributed by atoms with E-state index < -0.39 is 0 Å². The van der Waals surface area contributed by atoms with Crippen molar-refractivity contribution in [1.82, 2.24) is 0 Å². The lowest BCUT2D eigenvalue weighted by Crippen LogP contribution is -2.31. The van der Waals surface area contributed by atoms with E-state index in [1.54, 1.807) is 0 Å². The van der Waals surface area contributed by atoms with Crippen LogP contribution in [-0.2, 0) is 0 Å². The molecule has 0 atom stereocenters. The molecule has 2 heterocycles. The molecule has 1 amide bonds. The number of amides is 1. The Hall–Kier alpha value is -1.26. The second kappa shape index (κ2) is 5.39. The minimum Gasteiger partial charge on any atom is -0.306 e. The number of hydrogen-bond donors (Lipinski definition) is 0. The van der Waals surface area contributed by atoms with Crippen molar-refractivity contribution >= 4 is 34.7 Å². The summed E-state index contributed by atoms with van der Waals surface area (Å²) in [6.45, 7) is 2.81. The van der Waals surface area contributed by atoms with Gasteiger partial charge in [0.25, 0.3) is 5.91 Å². The fraction of sp³-hybridized carbons (Fsp3) is 0.267. The molecule has 2 nitrogen and oxygen atoms in total. The third kappa shape index (κ3) is 2.42. The molecule has 0 aliphatic carbocycles. The zero-order valence-corrected chi connectivity index (χ0v) is 12.4. The van der Waals surface area contributed by atoms with E-state index in [1.807, 2.05) is 47.2 Å². The zero-order chi connectivity index (χ0) is 13.2. The summed E-state index contributed by atoms with van der Waals surface area (Å²) >= 11 is 3.38. The predicted octanol–water partition coefficient (Wildman–Crippen LogP) is 4.20. The van der Waals surface area contributed by atoms with Crippen molar-refractivity contribution in [3.05, 3.63) is 46.2 Å². The highest BCUT2D eigenvalue weighted by Crippen LogP contribution is 2.35. The van der Waals surface area contributed by atoms with Gasteiger partial charge in [0.05, 0.1) is 10.6 Å². The number of carbonyl (C=O) groups is 1. The van der Waals surface area contributed by atoms with Crippen molar-refractivity contribution in [2.75, 3.05) is 17.2 Å². The first-order valence-corrected chi connectivity index (χ1v) is 8.21. The molecule has 3 rings (SSSR count). The Morgan fingerprint density at radius 2 is 2.11 bits per heavy atom. The standard InChI is InChI=1S/C15H15NOS2/c1-11-7-10-19-14(11)15(17)16-8-4-9-18-13-6-3-2-5-12(13)16/h2-3,5-7,10H,4,8-9H2,1H3. The molecule has 0 saturated heterocycles. The van der Waals surface area contributed by atoms with Gasteiger partial charge in [0.15, 0.2) is 0 Å². The van der Waals surface area contributed by atoms with Crippen LogP contribution in [0.5, 0.6) is 0 Å². The van der Waals surface area contributed by atoms with E-state index in [2.05, 4.69) is 12.1 Å². The molecular formula is C15H15NOS2. The molecule has 1 aliphatic heterocycles. The zero-order valence-electron chi connectivity index (χ0n) is 10.8. The molecule has 0 bridgehead atoms. The number of aryl methyl sites for hydroxylation is 1. The summed E-state index contributed by atoms with van der Waals surface area (Å²) in [4.78, 5) is 16.7. The van der Waals surface area contributed by atoms with Crippen LogP contribution < -0.4 is 4.90 Å². The maximum Gasteiger partial charge on any atom is 0.268 e. The van der Waals surface area contributed by atoms with Crippen molar-refractivity contribution in [3.63, 3.8) is 0 Å². The summed E-state index contributed by atoms with van der Waals surface area (Å²) in [6, 6.07) is 10.2. The maximum absolute atomic E-state index is 12.7. The van der Waals surface area contributed by atoms with Crippen LogP contribution in [0.15, 0.2) is 40.6 Å². The summed E-state index contributed by atoms with van der Waals surface area (Å²) in [5, 5.41) is 1.99. The Kier molecular flexibility index (Phi) is 3.62. The molecule has 1 aromatic heterocycles. The van der Waals surface area contributed by atoms with Gasteiger partial charge < -0.3 is 4.90 Å². The molecule has 0 radical (unpaired) electrons. The smallest absolute Gasteiger partial charge is 0.268 e. The summed E-state index contributed by atoms with van der Waals surface area (Å²) in [6.07, 6.45) is 1.04. The Bertz CT molecular complexity index is 606. The molecule has 4 heteroatoms. The van der Waals surface area contributed by atoms with Crippen molar-refractivity contribution < 1.29 is 4.79 Å². The highest BCUT2D eigenvalue weighted by atomic mass is 32.2. The Balaban J connectivity index is 2.01. The van der Waals surface area contributed by atoms with Gasteiger partial charge in [-0.05, 0) is 48.2 Å². The number of thioether (sulfide) groups is 1. The largest absolute Gasteiger partial charge is 0.306 e. The molecule has 0 fully saturated rings. The predicted molar refractivity (Wildman–Crippen MR) is 82.5 cm³/mol. The van der Waals surface area contributed by atoms with Crippen molar-refractivity contribution in [2.45, 2.75) is 18.2 Å². The summed E-state index contributed by atoms with van der Waals surface area (Å²) in [5.74, 6) is 1.21. The lowest BCUT2D eigenvalue weighted by molar-refractivity contribution is 0.0990. The molecule has 2 aromatic rings. The molecule has 0 unspecified atom stereocenters. The fourth-order valence-electron chi connectivity index (χ4n) is 2.25. The number of para-hydroxylation sites is 1. The van der Waals surface area contributed by atoms with Crippen LogP contribution >= 0.6 is 23.1 Å². The third-order valence-electron chi connectivity index (χ3n) is 3.24. The van der Waals surface area contributed by atoms with Crippen molar-refractivity contribution in [3.8, 4) is 0 Å². The molecule has 1 aromatic carbocycles. The number of nitrogens with zero attached hydrogens (tertiary/aromatic N) is 1. The second-order valence-electron chi connectivity index (χ2n) is 4.56. The molecule has 98 valence electrons. The van der Waals surface area contributed by atoms with Crippen LogP contribution in [-0.4, -0.2) is 18.2 Å². The van der Waals surface area contributed by atoms with Gasteiger partial charge in [0.1, 0.15) is 0 Å². The summed E-state index contributed by atoms with van der Waals surface area (Å²) in [5.41, 5.74) is 2.13. The van der Waals surface area contributed by atoms with Gasteiger partial charge in [-0.25, -0.2) is 0 Å². The number of thiophene rings is 1. The number of anilines is 1. The van der Waals surface area contributed by atoms with Crippen molar-refractivity contribution in [1.29, 1.82) is 0 Å². The van der Waals surface area contributed by atoms with Gasteiger partial charge in [-0.1, -0.05) is 12.1 Å². The highest BCUT2D eigenvalue weighted by Gasteiger charge is 2.24. The first kappa shape index (κ1) is 12.8. The van der Waals surface area contributed by atoms with E-state index in [4.69, 9.17) is 0 Å². The van der Waals surface area contributed by atoms with Gasteiger partial charge in [-0.15, -0.1) is 23.1 Å². The van der Waals surface area contributed by atoms with Crippen LogP contribution in [0.25, 0.3) is 0 Å². The topological polar surface area (TPSA) is 20.3 Å². The van der Waals surface area contributed by atoms with E-state index in [-0.39, 0.29) is 5.91 Å². The van der Waals surface area contributed by atoms with Gasteiger partial charge in [-0.3, -0.25) is 4.79 Å². The number of benzene rings is 1. The first-order chi connectivity index (χ1) is 9.27. The SMILES string of the molecule is Cc1ccsc1C(=O)N1CCCSc2ccccc21. The molecule has 1 aliphatic rings. The molecule has 0 N–H and O–H groups in total. The van der Waals surface area contributed by atoms with Gasteiger partial charge in [-0.2, -0.15) is 0 Å². The molecule has 0 spiro atoms. The number of rotatable bonds is 1. The van der Waals surface area contributed by atoms with Crippen LogP contribution in [0.3, 0.4) is 0 Å². The molecule has 19 heavy (non-hydrogen) atoms. The number of fused-ring (bicyclic) bond motifs is 1. The van der Waals surface area contributed by atoms with E-state index in [1.165, 1.54) is 16.2 Å². The molecular weight excluding hydrogens is 274 g/mol. The minimum absolute atomic E-state index is 0.141. The second-order valence-corrected chi connectivity index (χ2v) is 6.61. The van der Waals surface area contributed by atoms with Gasteiger partial charge in [0.2, 0.25) is 0 Å². The number of carbonyl (C=O) groups excluding carboxylic acids is 1. The summed E-state index contributed by atoms with van der Waals surface area (Å²) < 4.78 is 0. The average molecular weight is 289 g/mol. The fourth-order valence-corrected chi connectivity index (χ4v) is 4.12. The quantitative estimate of drug-likeness (QED) is 0.784. The summed E-state index contributed by atoms with van der Waals surface area (Å²) in [7, 11) is 0.